The van der Waals surface area contributed by atoms with Crippen LogP contribution in [0.4, 0.5) is 8.78 Å². The zero-order valence-corrected chi connectivity index (χ0v) is 10.3. The fourth-order valence-corrected chi connectivity index (χ4v) is 1.70. The zero-order valence-electron chi connectivity index (χ0n) is 10.3. The Kier molecular flexibility index (Phi) is 2.94. The van der Waals surface area contributed by atoms with Gasteiger partial charge in [0.1, 0.15) is 11.5 Å². The van der Waals surface area contributed by atoms with Crippen LogP contribution in [0.5, 0.6) is 11.8 Å². The Hall–Kier alpha value is -3.10. The van der Waals surface area contributed by atoms with Crippen molar-refractivity contribution in [3.8, 4) is 11.8 Å². The maximum absolute atomic E-state index is 13.5. The molecule has 1 aromatic carbocycles. The van der Waals surface area contributed by atoms with Crippen LogP contribution in [0, 0.1) is 11.6 Å². The molecule has 0 unspecified atom stereocenters. The first-order valence-corrected chi connectivity index (χ1v) is 5.68. The number of H-pyrrole nitrogens is 1. The Labute approximate surface area is 115 Å². The van der Waals surface area contributed by atoms with Gasteiger partial charge in [0.05, 0.1) is 11.6 Å². The van der Waals surface area contributed by atoms with Crippen molar-refractivity contribution in [3.63, 3.8) is 0 Å². The second kappa shape index (κ2) is 4.78. The van der Waals surface area contributed by atoms with Gasteiger partial charge < -0.3 is 10.5 Å². The number of carbonyl (C=O) groups excluding carboxylic acids is 1. The first kappa shape index (κ1) is 12.9. The summed E-state index contributed by atoms with van der Waals surface area (Å²) in [6, 6.07) is 2.43. The van der Waals surface area contributed by atoms with E-state index in [4.69, 9.17) is 10.5 Å². The largest absolute Gasteiger partial charge is 0.421 e. The Morgan fingerprint density at radius 3 is 2.81 bits per heavy atom. The average molecular weight is 291 g/mol. The first-order chi connectivity index (χ1) is 10.0. The van der Waals surface area contributed by atoms with Gasteiger partial charge in [-0.2, -0.15) is 15.1 Å². The molecule has 3 rings (SSSR count). The standard InChI is InChI=1S/C12H7F2N5O2/c13-5-1-2-8(7(14)3-5)21-12-17-9(10(15)20)6-4-16-19-11(6)18-12/h1-4H,(H2,15,20)(H,16,17,18,19). The van der Waals surface area contributed by atoms with E-state index in [1.165, 1.54) is 6.20 Å². The van der Waals surface area contributed by atoms with Gasteiger partial charge in [-0.1, -0.05) is 0 Å². The van der Waals surface area contributed by atoms with Crippen molar-refractivity contribution in [3.05, 3.63) is 41.7 Å². The molecule has 1 amide bonds. The minimum atomic E-state index is -0.927. The van der Waals surface area contributed by atoms with E-state index in [1.807, 2.05) is 0 Å². The van der Waals surface area contributed by atoms with E-state index in [0.29, 0.717) is 11.5 Å². The summed E-state index contributed by atoms with van der Waals surface area (Å²) in [6.07, 6.45) is 1.33. The van der Waals surface area contributed by atoms with E-state index in [-0.39, 0.29) is 23.1 Å². The summed E-state index contributed by atoms with van der Waals surface area (Å²) >= 11 is 0. The quantitative estimate of drug-likeness (QED) is 0.760. The molecule has 2 aromatic heterocycles. The third-order valence-corrected chi connectivity index (χ3v) is 2.62. The lowest BCUT2D eigenvalue weighted by Gasteiger charge is -2.06. The number of fused-ring (bicyclic) bond motifs is 1. The third kappa shape index (κ3) is 2.36. The summed E-state index contributed by atoms with van der Waals surface area (Å²) in [6.45, 7) is 0. The number of hydrogen-bond donors (Lipinski definition) is 2. The molecule has 106 valence electrons. The molecule has 0 fully saturated rings. The van der Waals surface area contributed by atoms with Gasteiger partial charge in [0.2, 0.25) is 0 Å². The molecule has 3 N–H and O–H groups in total. The maximum atomic E-state index is 13.5. The average Bonchev–Trinajstić information content (AvgIpc) is 2.89. The lowest BCUT2D eigenvalue weighted by molar-refractivity contribution is 0.0996. The van der Waals surface area contributed by atoms with E-state index >= 15 is 0 Å². The van der Waals surface area contributed by atoms with Crippen LogP contribution in [-0.2, 0) is 0 Å². The van der Waals surface area contributed by atoms with E-state index in [1.54, 1.807) is 0 Å². The summed E-state index contributed by atoms with van der Waals surface area (Å²) in [5.41, 5.74) is 5.29. The smallest absolute Gasteiger partial charge is 0.324 e. The van der Waals surface area contributed by atoms with E-state index in [2.05, 4.69) is 20.2 Å². The maximum Gasteiger partial charge on any atom is 0.324 e. The summed E-state index contributed by atoms with van der Waals surface area (Å²) < 4.78 is 31.5. The van der Waals surface area contributed by atoms with Gasteiger partial charge in [0.25, 0.3) is 5.91 Å². The molecule has 0 spiro atoms. The van der Waals surface area contributed by atoms with Crippen LogP contribution >= 0.6 is 0 Å². The summed E-state index contributed by atoms with van der Waals surface area (Å²) in [4.78, 5) is 19.1. The SMILES string of the molecule is NC(=O)c1nc(Oc2ccc(F)cc2F)nc2[nH]ncc12. The van der Waals surface area contributed by atoms with Gasteiger partial charge in [-0.25, -0.2) is 8.78 Å². The van der Waals surface area contributed by atoms with Crippen molar-refractivity contribution in [2.45, 2.75) is 0 Å². The highest BCUT2D eigenvalue weighted by atomic mass is 19.1. The normalized spacial score (nSPS) is 10.8. The van der Waals surface area contributed by atoms with Gasteiger partial charge in [0, 0.05) is 6.07 Å². The van der Waals surface area contributed by atoms with Gasteiger partial charge in [-0.15, -0.1) is 0 Å². The molecule has 21 heavy (non-hydrogen) atoms. The number of aromatic amines is 1. The van der Waals surface area contributed by atoms with Crippen molar-refractivity contribution in [2.24, 2.45) is 5.73 Å². The number of aromatic nitrogens is 4. The van der Waals surface area contributed by atoms with Crippen LogP contribution < -0.4 is 10.5 Å². The molecule has 0 aliphatic rings. The number of nitrogens with zero attached hydrogens (tertiary/aromatic N) is 3. The van der Waals surface area contributed by atoms with E-state index in [0.717, 1.165) is 12.1 Å². The highest BCUT2D eigenvalue weighted by Gasteiger charge is 2.16. The van der Waals surface area contributed by atoms with Crippen LogP contribution in [0.25, 0.3) is 11.0 Å². The highest BCUT2D eigenvalue weighted by molar-refractivity contribution is 6.02. The van der Waals surface area contributed by atoms with Crippen LogP contribution in [0.1, 0.15) is 10.5 Å². The van der Waals surface area contributed by atoms with Crippen molar-refractivity contribution < 1.29 is 18.3 Å². The van der Waals surface area contributed by atoms with Crippen molar-refractivity contribution in [1.29, 1.82) is 0 Å². The number of nitrogens with two attached hydrogens (primary N) is 1. The first-order valence-electron chi connectivity index (χ1n) is 5.68. The Bertz CT molecular complexity index is 849. The van der Waals surface area contributed by atoms with Crippen molar-refractivity contribution in [1.82, 2.24) is 20.2 Å². The highest BCUT2D eigenvalue weighted by Crippen LogP contribution is 2.24. The molecule has 2 heterocycles. The van der Waals surface area contributed by atoms with Gasteiger partial charge in [-0.3, -0.25) is 9.89 Å². The molecule has 0 saturated heterocycles. The molecule has 0 atom stereocenters. The number of ether oxygens (including phenoxy) is 1. The lowest BCUT2D eigenvalue weighted by atomic mass is 10.3. The number of primary amides is 1. The van der Waals surface area contributed by atoms with Crippen LogP contribution in [0.2, 0.25) is 0 Å². The molecular weight excluding hydrogens is 284 g/mol. The Balaban J connectivity index is 2.06. The number of rotatable bonds is 3. The zero-order chi connectivity index (χ0) is 15.0. The predicted octanol–water partition coefficient (Wildman–Crippen LogP) is 1.52. The van der Waals surface area contributed by atoms with Gasteiger partial charge in [0.15, 0.2) is 17.2 Å². The minimum absolute atomic E-state index is 0.119. The van der Waals surface area contributed by atoms with Crippen LogP contribution in [-0.4, -0.2) is 26.1 Å². The second-order valence-electron chi connectivity index (χ2n) is 4.03. The molecule has 9 heteroatoms. The molecule has 7 nitrogen and oxygen atoms in total. The number of nitrogens with one attached hydrogen (secondary N) is 1. The fraction of sp³-hybridized carbons (Fsp3) is 0. The fourth-order valence-electron chi connectivity index (χ4n) is 1.70. The molecule has 0 bridgehead atoms. The number of benzene rings is 1. The van der Waals surface area contributed by atoms with E-state index in [9.17, 15) is 13.6 Å². The number of amides is 1. The van der Waals surface area contributed by atoms with Crippen molar-refractivity contribution in [2.75, 3.05) is 0 Å². The third-order valence-electron chi connectivity index (χ3n) is 2.62. The Morgan fingerprint density at radius 1 is 1.29 bits per heavy atom. The number of carbonyl (C=O) groups is 1. The topological polar surface area (TPSA) is 107 Å². The van der Waals surface area contributed by atoms with E-state index < -0.39 is 17.5 Å². The molecular formula is C12H7F2N5O2. The molecule has 0 saturated carbocycles. The number of hydrogen-bond acceptors (Lipinski definition) is 5. The molecule has 0 radical (unpaired) electrons. The second-order valence-corrected chi connectivity index (χ2v) is 4.03. The monoisotopic (exact) mass is 291 g/mol. The van der Waals surface area contributed by atoms with Gasteiger partial charge in [-0.05, 0) is 12.1 Å². The lowest BCUT2D eigenvalue weighted by Crippen LogP contribution is -2.14. The Morgan fingerprint density at radius 2 is 2.10 bits per heavy atom. The van der Waals surface area contributed by atoms with Gasteiger partial charge >= 0.3 is 6.01 Å². The summed E-state index contributed by atoms with van der Waals surface area (Å²) in [7, 11) is 0. The van der Waals surface area contributed by atoms with Crippen LogP contribution in [0.15, 0.2) is 24.4 Å². The minimum Gasteiger partial charge on any atom is -0.421 e. The number of halogens is 2. The van der Waals surface area contributed by atoms with Crippen molar-refractivity contribution >= 4 is 16.9 Å². The molecule has 0 aliphatic heterocycles. The summed E-state index contributed by atoms with van der Waals surface area (Å²) in [5.74, 6) is -2.77. The predicted molar refractivity (Wildman–Crippen MR) is 66.6 cm³/mol. The molecule has 3 aromatic rings. The molecule has 0 aliphatic carbocycles. The van der Waals surface area contributed by atoms with Crippen LogP contribution in [0.3, 0.4) is 0 Å². The summed E-state index contributed by atoms with van der Waals surface area (Å²) in [5, 5.41) is 6.54.